The molecule has 0 spiro atoms. The van der Waals surface area contributed by atoms with Crippen molar-refractivity contribution in [3.8, 4) is 5.75 Å². The molecule has 3 amide bonds. The minimum atomic E-state index is -1.31. The number of carbonyl (C=O) groups excluding carboxylic acids is 3. The Kier molecular flexibility index (Phi) is 10.4. The van der Waals surface area contributed by atoms with Crippen LogP contribution in [0.1, 0.15) is 26.3 Å². The molecule has 0 aliphatic rings. The molecule has 43 heavy (non-hydrogen) atoms. The highest BCUT2D eigenvalue weighted by Crippen LogP contribution is 2.25. The zero-order valence-corrected chi connectivity index (χ0v) is 24.5. The predicted molar refractivity (Wildman–Crippen MR) is 168 cm³/mol. The van der Waals surface area contributed by atoms with E-state index in [1.54, 1.807) is 66.7 Å². The number of carbonyl (C=O) groups is 4. The van der Waals surface area contributed by atoms with Crippen LogP contribution < -0.4 is 16.0 Å². The maximum Gasteiger partial charge on any atom is 0.339 e. The van der Waals surface area contributed by atoms with Gasteiger partial charge < -0.3 is 26.2 Å². The van der Waals surface area contributed by atoms with Gasteiger partial charge in [0.25, 0.3) is 11.8 Å². The Hall–Kier alpha value is -4.77. The second kappa shape index (κ2) is 14.4. The summed E-state index contributed by atoms with van der Waals surface area (Å²) in [4.78, 5) is 50.4. The number of nitrogens with one attached hydrogen (secondary N) is 3. The normalized spacial score (nSPS) is 11.0. The Morgan fingerprint density at radius 3 is 2.19 bits per heavy atom. The van der Waals surface area contributed by atoms with Gasteiger partial charge in [0, 0.05) is 31.9 Å². The van der Waals surface area contributed by atoms with E-state index in [0.29, 0.717) is 26.9 Å². The molecule has 0 saturated heterocycles. The molecule has 5 N–H and O–H groups in total. The first-order valence-electron chi connectivity index (χ1n) is 12.5. The quantitative estimate of drug-likeness (QED) is 0.0756. The molecule has 0 saturated carbocycles. The Balaban J connectivity index is 1.41. The summed E-state index contributed by atoms with van der Waals surface area (Å²) < 4.78 is 0. The van der Waals surface area contributed by atoms with Gasteiger partial charge in [-0.15, -0.1) is 11.8 Å². The van der Waals surface area contributed by atoms with Crippen LogP contribution >= 0.6 is 35.0 Å². The first-order chi connectivity index (χ1) is 20.6. The molecule has 0 aliphatic carbocycles. The van der Waals surface area contributed by atoms with Crippen LogP contribution in [0.15, 0.2) is 102 Å². The van der Waals surface area contributed by atoms with E-state index in [-0.39, 0.29) is 28.6 Å². The van der Waals surface area contributed by atoms with Gasteiger partial charge in [0.15, 0.2) is 0 Å². The van der Waals surface area contributed by atoms with Crippen molar-refractivity contribution in [2.24, 2.45) is 0 Å². The van der Waals surface area contributed by atoms with E-state index in [9.17, 15) is 24.3 Å². The molecule has 0 unspecified atom stereocenters. The number of aromatic carboxylic acids is 1. The van der Waals surface area contributed by atoms with Gasteiger partial charge in [-0.2, -0.15) is 0 Å². The highest BCUT2D eigenvalue weighted by Gasteiger charge is 2.16. The number of hydrogen-bond donors (Lipinski definition) is 5. The summed E-state index contributed by atoms with van der Waals surface area (Å²) in [7, 11) is 0. The minimum Gasteiger partial charge on any atom is -0.507 e. The lowest BCUT2D eigenvalue weighted by molar-refractivity contribution is -0.114. The summed E-state index contributed by atoms with van der Waals surface area (Å²) in [5.74, 6) is -3.15. The van der Waals surface area contributed by atoms with E-state index >= 15 is 0 Å². The average Bonchev–Trinajstić information content (AvgIpc) is 2.99. The number of carboxylic acids is 1. The summed E-state index contributed by atoms with van der Waals surface area (Å²) in [6, 6.07) is 23.7. The van der Waals surface area contributed by atoms with E-state index in [2.05, 4.69) is 16.0 Å². The van der Waals surface area contributed by atoms with Crippen LogP contribution in [0.2, 0.25) is 10.0 Å². The van der Waals surface area contributed by atoms with Crippen molar-refractivity contribution in [2.45, 2.75) is 4.90 Å². The zero-order chi connectivity index (χ0) is 30.9. The van der Waals surface area contributed by atoms with E-state index in [1.165, 1.54) is 42.1 Å². The number of carboxylic acid groups (broad SMARTS) is 1. The Bertz CT molecular complexity index is 1710. The number of thioether (sulfide) groups is 1. The molecule has 9 nitrogen and oxygen atoms in total. The maximum absolute atomic E-state index is 13.2. The van der Waals surface area contributed by atoms with Crippen molar-refractivity contribution in [2.75, 3.05) is 16.4 Å². The lowest BCUT2D eigenvalue weighted by Crippen LogP contribution is -2.30. The fourth-order valence-electron chi connectivity index (χ4n) is 3.68. The molecular formula is C31H23Cl2N3O6S. The highest BCUT2D eigenvalue weighted by molar-refractivity contribution is 8.00. The second-order valence-electron chi connectivity index (χ2n) is 8.90. The lowest BCUT2D eigenvalue weighted by Gasteiger charge is -2.12. The molecule has 0 radical (unpaired) electrons. The molecular weight excluding hydrogens is 613 g/mol. The molecule has 4 aromatic carbocycles. The van der Waals surface area contributed by atoms with Crippen LogP contribution in [0, 0.1) is 0 Å². The summed E-state index contributed by atoms with van der Waals surface area (Å²) in [6.45, 7) is 0. The number of phenols is 1. The number of anilines is 2. The van der Waals surface area contributed by atoms with Crippen LogP contribution in [0.4, 0.5) is 11.4 Å². The fraction of sp³-hybridized carbons (Fsp3) is 0.0323. The predicted octanol–water partition coefficient (Wildman–Crippen LogP) is 6.54. The summed E-state index contributed by atoms with van der Waals surface area (Å²) in [5.41, 5.74) is 1.14. The minimum absolute atomic E-state index is 0.0231. The van der Waals surface area contributed by atoms with Crippen molar-refractivity contribution in [3.63, 3.8) is 0 Å². The molecule has 0 fully saturated rings. The molecule has 218 valence electrons. The standard InChI is InChI=1S/C31H23Cl2N3O6S/c32-20-7-6-19(25(33)15-20)14-26(36-29(39)18-4-2-1-3-5-18)30(40)35-21-8-11-23(12-9-21)43-17-28(38)34-22-10-13-27(37)24(16-22)31(41)42/h1-16,37H,17H2,(H,34,38)(H,35,40)(H,36,39)(H,41,42)/b26-14-. The van der Waals surface area contributed by atoms with Crippen LogP contribution in [-0.4, -0.2) is 39.7 Å². The molecule has 0 heterocycles. The summed E-state index contributed by atoms with van der Waals surface area (Å²) in [6.07, 6.45) is 1.45. The number of hydrogen-bond acceptors (Lipinski definition) is 6. The third-order valence-electron chi connectivity index (χ3n) is 5.78. The summed E-state index contributed by atoms with van der Waals surface area (Å²) >= 11 is 13.5. The van der Waals surface area contributed by atoms with Crippen molar-refractivity contribution < 1.29 is 29.4 Å². The molecule has 0 atom stereocenters. The SMILES string of the molecule is O=C(CSc1ccc(NC(=O)/C(=C/c2ccc(Cl)cc2Cl)NC(=O)c2ccccc2)cc1)Nc1ccc(O)c(C(=O)O)c1. The third kappa shape index (κ3) is 8.86. The van der Waals surface area contributed by atoms with Gasteiger partial charge in [-0.1, -0.05) is 47.5 Å². The van der Waals surface area contributed by atoms with Crippen molar-refractivity contribution in [3.05, 3.63) is 123 Å². The van der Waals surface area contributed by atoms with Crippen LogP contribution in [0.5, 0.6) is 5.75 Å². The number of halogens is 2. The molecule has 4 aromatic rings. The van der Waals surface area contributed by atoms with Crippen LogP contribution in [0.3, 0.4) is 0 Å². The maximum atomic E-state index is 13.2. The number of aromatic hydroxyl groups is 1. The van der Waals surface area contributed by atoms with Crippen molar-refractivity contribution in [1.82, 2.24) is 5.32 Å². The average molecular weight is 637 g/mol. The largest absolute Gasteiger partial charge is 0.507 e. The first-order valence-corrected chi connectivity index (χ1v) is 14.3. The van der Waals surface area contributed by atoms with E-state index in [4.69, 9.17) is 28.3 Å². The van der Waals surface area contributed by atoms with Crippen LogP contribution in [-0.2, 0) is 9.59 Å². The van der Waals surface area contributed by atoms with Gasteiger partial charge in [0.1, 0.15) is 17.0 Å². The van der Waals surface area contributed by atoms with E-state index in [0.717, 1.165) is 4.90 Å². The fourth-order valence-corrected chi connectivity index (χ4v) is 4.84. The molecule has 0 bridgehead atoms. The third-order valence-corrected chi connectivity index (χ3v) is 7.36. The van der Waals surface area contributed by atoms with Crippen molar-refractivity contribution >= 4 is 76.1 Å². The topological polar surface area (TPSA) is 145 Å². The second-order valence-corrected chi connectivity index (χ2v) is 10.8. The van der Waals surface area contributed by atoms with Crippen LogP contribution in [0.25, 0.3) is 6.08 Å². The molecule has 12 heteroatoms. The molecule has 0 aliphatic heterocycles. The smallest absolute Gasteiger partial charge is 0.339 e. The lowest BCUT2D eigenvalue weighted by atomic mass is 10.1. The van der Waals surface area contributed by atoms with Crippen molar-refractivity contribution in [1.29, 1.82) is 0 Å². The van der Waals surface area contributed by atoms with Gasteiger partial charge in [0.2, 0.25) is 5.91 Å². The Morgan fingerprint density at radius 2 is 1.51 bits per heavy atom. The first kappa shape index (κ1) is 31.2. The van der Waals surface area contributed by atoms with Gasteiger partial charge in [-0.25, -0.2) is 4.79 Å². The Labute approximate surface area is 260 Å². The van der Waals surface area contributed by atoms with E-state index in [1.807, 2.05) is 0 Å². The van der Waals surface area contributed by atoms with Gasteiger partial charge in [-0.05, 0) is 78.4 Å². The molecule has 0 aromatic heterocycles. The summed E-state index contributed by atoms with van der Waals surface area (Å²) in [5, 5.41) is 27.4. The number of benzene rings is 4. The van der Waals surface area contributed by atoms with Gasteiger partial charge in [-0.3, -0.25) is 14.4 Å². The number of rotatable bonds is 10. The highest BCUT2D eigenvalue weighted by atomic mass is 35.5. The monoisotopic (exact) mass is 635 g/mol. The zero-order valence-electron chi connectivity index (χ0n) is 22.1. The molecule has 4 rings (SSSR count). The van der Waals surface area contributed by atoms with Gasteiger partial charge >= 0.3 is 5.97 Å². The number of amides is 3. The van der Waals surface area contributed by atoms with E-state index < -0.39 is 23.5 Å². The Morgan fingerprint density at radius 1 is 0.814 bits per heavy atom. The van der Waals surface area contributed by atoms with Gasteiger partial charge in [0.05, 0.1) is 5.75 Å².